The smallest absolute Gasteiger partial charge is 0.0682 e. The number of nitrogens with two attached hydrogens (primary N) is 1. The van der Waals surface area contributed by atoms with E-state index < -0.39 is 0 Å². The number of hydrogen-bond acceptors (Lipinski definition) is 3. The first-order valence-electron chi connectivity index (χ1n) is 3.64. The topological polar surface area (TPSA) is 48.1 Å². The predicted molar refractivity (Wildman–Crippen MR) is 42.7 cm³/mol. The van der Waals surface area contributed by atoms with Crippen molar-refractivity contribution in [2.75, 3.05) is 6.61 Å². The first kappa shape index (κ1) is 8.17. The zero-order valence-corrected chi connectivity index (χ0v) is 6.36. The van der Waals surface area contributed by atoms with Crippen LogP contribution in [0.2, 0.25) is 0 Å². The molecule has 0 fully saturated rings. The fourth-order valence-corrected chi connectivity index (χ4v) is 0.906. The lowest BCUT2D eigenvalue weighted by atomic mass is 10.2. The van der Waals surface area contributed by atoms with Crippen molar-refractivity contribution in [3.63, 3.8) is 0 Å². The molecule has 60 valence electrons. The van der Waals surface area contributed by atoms with Gasteiger partial charge in [-0.2, -0.15) is 0 Å². The van der Waals surface area contributed by atoms with Crippen molar-refractivity contribution in [3.05, 3.63) is 30.1 Å². The van der Waals surface area contributed by atoms with Crippen molar-refractivity contribution in [2.45, 2.75) is 12.8 Å². The highest BCUT2D eigenvalue weighted by atomic mass is 16.6. The molecule has 0 aliphatic heterocycles. The van der Waals surface area contributed by atoms with Gasteiger partial charge in [-0.3, -0.25) is 4.98 Å². The molecule has 3 nitrogen and oxygen atoms in total. The van der Waals surface area contributed by atoms with E-state index >= 15 is 0 Å². The van der Waals surface area contributed by atoms with Crippen LogP contribution >= 0.6 is 0 Å². The van der Waals surface area contributed by atoms with E-state index in [1.165, 1.54) is 5.56 Å². The summed E-state index contributed by atoms with van der Waals surface area (Å²) in [4.78, 5) is 8.43. The maximum Gasteiger partial charge on any atom is 0.0682 e. The summed E-state index contributed by atoms with van der Waals surface area (Å²) >= 11 is 0. The molecule has 0 bridgehead atoms. The third-order valence-electron chi connectivity index (χ3n) is 1.45. The lowest BCUT2D eigenvalue weighted by Gasteiger charge is -1.97. The van der Waals surface area contributed by atoms with Crippen LogP contribution in [0.4, 0.5) is 0 Å². The minimum absolute atomic E-state index is 0.606. The molecule has 0 saturated carbocycles. The molecule has 0 aromatic carbocycles. The molecule has 0 unspecified atom stereocenters. The molecule has 2 N–H and O–H groups in total. The van der Waals surface area contributed by atoms with E-state index in [2.05, 4.69) is 9.82 Å². The van der Waals surface area contributed by atoms with Crippen LogP contribution in [0.15, 0.2) is 24.5 Å². The molecule has 0 aliphatic rings. The molecule has 0 spiro atoms. The van der Waals surface area contributed by atoms with Gasteiger partial charge in [0.25, 0.3) is 0 Å². The summed E-state index contributed by atoms with van der Waals surface area (Å²) in [7, 11) is 0. The first-order valence-corrected chi connectivity index (χ1v) is 3.64. The van der Waals surface area contributed by atoms with Crippen molar-refractivity contribution >= 4 is 0 Å². The Hall–Kier alpha value is -0.930. The standard InChI is InChI=1S/C8H12N2O/c9-11-6-2-4-8-3-1-5-10-7-8/h1,3,5,7H,2,4,6,9H2. The molecule has 0 aliphatic carbocycles. The lowest BCUT2D eigenvalue weighted by Crippen LogP contribution is -2.01. The molecule has 0 radical (unpaired) electrons. The van der Waals surface area contributed by atoms with E-state index in [1.54, 1.807) is 6.20 Å². The van der Waals surface area contributed by atoms with Crippen molar-refractivity contribution in [2.24, 2.45) is 5.90 Å². The summed E-state index contributed by atoms with van der Waals surface area (Å²) in [6, 6.07) is 3.97. The van der Waals surface area contributed by atoms with Gasteiger partial charge in [-0.05, 0) is 24.5 Å². The summed E-state index contributed by atoms with van der Waals surface area (Å²) in [6.07, 6.45) is 5.55. The normalized spacial score (nSPS) is 9.91. The highest BCUT2D eigenvalue weighted by molar-refractivity contribution is 5.08. The van der Waals surface area contributed by atoms with Gasteiger partial charge in [0.2, 0.25) is 0 Å². The Labute approximate surface area is 66.2 Å². The summed E-state index contributed by atoms with van der Waals surface area (Å²) in [5, 5.41) is 0. The van der Waals surface area contributed by atoms with Crippen LogP contribution in [0.25, 0.3) is 0 Å². The van der Waals surface area contributed by atoms with Crippen LogP contribution < -0.4 is 5.90 Å². The third kappa shape index (κ3) is 3.11. The van der Waals surface area contributed by atoms with Crippen LogP contribution in [0.5, 0.6) is 0 Å². The molecule has 1 heterocycles. The Morgan fingerprint density at radius 2 is 2.45 bits per heavy atom. The van der Waals surface area contributed by atoms with E-state index in [9.17, 15) is 0 Å². The number of aryl methyl sites for hydroxylation is 1. The molecule has 11 heavy (non-hydrogen) atoms. The maximum atomic E-state index is 4.88. The van der Waals surface area contributed by atoms with Crippen molar-refractivity contribution < 1.29 is 4.84 Å². The quantitative estimate of drug-likeness (QED) is 0.515. The average molecular weight is 152 g/mol. The summed E-state index contributed by atoms with van der Waals surface area (Å²) in [5.41, 5.74) is 1.23. The van der Waals surface area contributed by atoms with Gasteiger partial charge in [-0.25, -0.2) is 5.90 Å². The number of pyridine rings is 1. The van der Waals surface area contributed by atoms with E-state index in [1.807, 2.05) is 18.3 Å². The van der Waals surface area contributed by atoms with E-state index in [4.69, 9.17) is 5.90 Å². The van der Waals surface area contributed by atoms with Gasteiger partial charge < -0.3 is 4.84 Å². The van der Waals surface area contributed by atoms with Crippen LogP contribution in [-0.4, -0.2) is 11.6 Å². The first-order chi connectivity index (χ1) is 5.43. The molecule has 1 aromatic heterocycles. The summed E-state index contributed by atoms with van der Waals surface area (Å²) in [5.74, 6) is 4.88. The molecule has 1 aromatic rings. The van der Waals surface area contributed by atoms with Crippen LogP contribution in [0.1, 0.15) is 12.0 Å². The maximum absolute atomic E-state index is 4.88. The van der Waals surface area contributed by atoms with Gasteiger partial charge in [0.1, 0.15) is 0 Å². The SMILES string of the molecule is NOCCCc1cccnc1. The third-order valence-corrected chi connectivity index (χ3v) is 1.45. The number of nitrogens with zero attached hydrogens (tertiary/aromatic N) is 1. The van der Waals surface area contributed by atoms with Crippen molar-refractivity contribution in [3.8, 4) is 0 Å². The Bertz CT molecular complexity index is 189. The van der Waals surface area contributed by atoms with E-state index in [0.29, 0.717) is 6.61 Å². The highest BCUT2D eigenvalue weighted by Gasteiger charge is 1.90. The lowest BCUT2D eigenvalue weighted by molar-refractivity contribution is 0.135. The molecule has 0 saturated heterocycles. The van der Waals surface area contributed by atoms with Gasteiger partial charge in [0, 0.05) is 12.4 Å². The largest absolute Gasteiger partial charge is 0.305 e. The molecule has 0 amide bonds. The van der Waals surface area contributed by atoms with Gasteiger partial charge in [0.05, 0.1) is 6.61 Å². The van der Waals surface area contributed by atoms with Gasteiger partial charge in [0.15, 0.2) is 0 Å². The Balaban J connectivity index is 2.28. The number of rotatable bonds is 4. The fraction of sp³-hybridized carbons (Fsp3) is 0.375. The predicted octanol–water partition coefficient (Wildman–Crippen LogP) is 0.905. The number of aromatic nitrogens is 1. The zero-order chi connectivity index (χ0) is 7.94. The van der Waals surface area contributed by atoms with Gasteiger partial charge in [-0.15, -0.1) is 0 Å². The minimum Gasteiger partial charge on any atom is -0.305 e. The second kappa shape index (κ2) is 4.82. The second-order valence-corrected chi connectivity index (χ2v) is 2.34. The molecule has 0 atom stereocenters. The van der Waals surface area contributed by atoms with Crippen LogP contribution in [0.3, 0.4) is 0 Å². The molecular formula is C8H12N2O. The average Bonchev–Trinajstić information content (AvgIpc) is 2.07. The minimum atomic E-state index is 0.606. The van der Waals surface area contributed by atoms with Gasteiger partial charge >= 0.3 is 0 Å². The molecule has 3 heteroatoms. The summed E-state index contributed by atoms with van der Waals surface area (Å²) in [6.45, 7) is 0.606. The van der Waals surface area contributed by atoms with Gasteiger partial charge in [-0.1, -0.05) is 6.07 Å². The molecular weight excluding hydrogens is 140 g/mol. The fourth-order valence-electron chi connectivity index (χ4n) is 0.906. The Kier molecular flexibility index (Phi) is 3.58. The number of hydrogen-bond donors (Lipinski definition) is 1. The van der Waals surface area contributed by atoms with Crippen LogP contribution in [0, 0.1) is 0 Å². The Morgan fingerprint density at radius 1 is 1.55 bits per heavy atom. The van der Waals surface area contributed by atoms with E-state index in [0.717, 1.165) is 12.8 Å². The highest BCUT2D eigenvalue weighted by Crippen LogP contribution is 1.99. The summed E-state index contributed by atoms with van der Waals surface area (Å²) < 4.78 is 0. The van der Waals surface area contributed by atoms with Crippen LogP contribution in [-0.2, 0) is 11.3 Å². The monoisotopic (exact) mass is 152 g/mol. The van der Waals surface area contributed by atoms with E-state index in [-0.39, 0.29) is 0 Å². The Morgan fingerprint density at radius 3 is 3.09 bits per heavy atom. The second-order valence-electron chi connectivity index (χ2n) is 2.34. The van der Waals surface area contributed by atoms with Crippen molar-refractivity contribution in [1.29, 1.82) is 0 Å². The zero-order valence-electron chi connectivity index (χ0n) is 6.36. The van der Waals surface area contributed by atoms with Crippen molar-refractivity contribution in [1.82, 2.24) is 4.98 Å². The molecule has 1 rings (SSSR count).